The molecule has 8 heteroatoms. The molecule has 1 aromatic carbocycles. The number of hydrogen-bond acceptors (Lipinski definition) is 6. The second-order valence-electron chi connectivity index (χ2n) is 6.44. The molecule has 0 bridgehead atoms. The number of aliphatic carboxylic acids is 1. The number of piperidine rings is 1. The Labute approximate surface area is 151 Å². The summed E-state index contributed by atoms with van der Waals surface area (Å²) >= 11 is 0. The highest BCUT2D eigenvalue weighted by Gasteiger charge is 2.44. The third kappa shape index (κ3) is 3.54. The van der Waals surface area contributed by atoms with Gasteiger partial charge >= 0.3 is 5.97 Å². The molecule has 1 N–H and O–H groups in total. The Morgan fingerprint density at radius 3 is 2.58 bits per heavy atom. The van der Waals surface area contributed by atoms with Gasteiger partial charge in [-0.25, -0.2) is 19.2 Å². The van der Waals surface area contributed by atoms with Gasteiger partial charge in [0.2, 0.25) is 5.60 Å². The molecule has 0 radical (unpaired) electrons. The van der Waals surface area contributed by atoms with Crippen LogP contribution < -0.4 is 14.5 Å². The van der Waals surface area contributed by atoms with Crippen molar-refractivity contribution in [2.45, 2.75) is 18.4 Å². The van der Waals surface area contributed by atoms with Crippen molar-refractivity contribution in [3.63, 3.8) is 0 Å². The highest BCUT2D eigenvalue weighted by atomic mass is 19.1. The lowest BCUT2D eigenvalue weighted by atomic mass is 9.91. The second-order valence-corrected chi connectivity index (χ2v) is 6.44. The molecule has 0 saturated carbocycles. The molecular weight excluding hydrogens is 339 g/mol. The minimum atomic E-state index is -1.38. The molecule has 26 heavy (non-hydrogen) atoms. The number of ether oxygens (including phenoxy) is 1. The van der Waals surface area contributed by atoms with Gasteiger partial charge in [-0.2, -0.15) is 0 Å². The van der Waals surface area contributed by atoms with Crippen LogP contribution >= 0.6 is 0 Å². The SMILES string of the molecule is CN(C)c1nccnc1N1CCC(Oc2cccc(F)c2)(C(=O)O)CC1. The van der Waals surface area contributed by atoms with Crippen LogP contribution in [0.3, 0.4) is 0 Å². The number of carboxylic acids is 1. The summed E-state index contributed by atoms with van der Waals surface area (Å²) in [6, 6.07) is 5.55. The van der Waals surface area contributed by atoms with E-state index in [1.54, 1.807) is 18.5 Å². The van der Waals surface area contributed by atoms with Gasteiger partial charge in [0.05, 0.1) is 0 Å². The molecule has 1 fully saturated rings. The zero-order valence-electron chi connectivity index (χ0n) is 14.7. The van der Waals surface area contributed by atoms with Gasteiger partial charge in [-0.15, -0.1) is 0 Å². The van der Waals surface area contributed by atoms with E-state index in [-0.39, 0.29) is 18.6 Å². The van der Waals surface area contributed by atoms with Gasteiger partial charge in [0.15, 0.2) is 11.6 Å². The second kappa shape index (κ2) is 7.15. The van der Waals surface area contributed by atoms with Crippen molar-refractivity contribution in [2.24, 2.45) is 0 Å². The van der Waals surface area contributed by atoms with Crippen LogP contribution in [0.15, 0.2) is 36.7 Å². The van der Waals surface area contributed by atoms with Crippen LogP contribution in [0.25, 0.3) is 0 Å². The van der Waals surface area contributed by atoms with E-state index in [2.05, 4.69) is 9.97 Å². The summed E-state index contributed by atoms with van der Waals surface area (Å²) < 4.78 is 19.1. The van der Waals surface area contributed by atoms with Crippen molar-refractivity contribution >= 4 is 17.6 Å². The van der Waals surface area contributed by atoms with E-state index < -0.39 is 17.4 Å². The van der Waals surface area contributed by atoms with E-state index in [0.29, 0.717) is 18.9 Å². The molecule has 1 saturated heterocycles. The molecule has 1 aliphatic rings. The number of rotatable bonds is 5. The lowest BCUT2D eigenvalue weighted by molar-refractivity contribution is -0.157. The van der Waals surface area contributed by atoms with Gasteiger partial charge in [-0.05, 0) is 12.1 Å². The van der Waals surface area contributed by atoms with Gasteiger partial charge in [-0.3, -0.25) is 0 Å². The third-order valence-corrected chi connectivity index (χ3v) is 4.45. The molecule has 0 amide bonds. The van der Waals surface area contributed by atoms with Gasteiger partial charge < -0.3 is 19.6 Å². The van der Waals surface area contributed by atoms with Crippen LogP contribution in [0.5, 0.6) is 5.75 Å². The molecular formula is C18H21FN4O3. The first kappa shape index (κ1) is 17.9. The van der Waals surface area contributed by atoms with Crippen LogP contribution in [0, 0.1) is 5.82 Å². The van der Waals surface area contributed by atoms with Gasteiger partial charge in [0.1, 0.15) is 11.6 Å². The highest BCUT2D eigenvalue weighted by molar-refractivity contribution is 5.78. The minimum absolute atomic E-state index is 0.217. The summed E-state index contributed by atoms with van der Waals surface area (Å²) in [7, 11) is 3.76. The molecule has 1 aliphatic heterocycles. The van der Waals surface area contributed by atoms with E-state index >= 15 is 0 Å². The lowest BCUT2D eigenvalue weighted by Gasteiger charge is -2.39. The Morgan fingerprint density at radius 2 is 1.96 bits per heavy atom. The first-order valence-electron chi connectivity index (χ1n) is 8.32. The number of anilines is 2. The predicted octanol–water partition coefficient (Wildman–Crippen LogP) is 2.18. The molecule has 1 aromatic heterocycles. The highest BCUT2D eigenvalue weighted by Crippen LogP contribution is 2.33. The molecule has 138 valence electrons. The molecule has 7 nitrogen and oxygen atoms in total. The fourth-order valence-corrected chi connectivity index (χ4v) is 3.06. The Morgan fingerprint density at radius 1 is 1.27 bits per heavy atom. The average Bonchev–Trinajstić information content (AvgIpc) is 2.62. The predicted molar refractivity (Wildman–Crippen MR) is 95.2 cm³/mol. The van der Waals surface area contributed by atoms with Crippen molar-refractivity contribution in [1.82, 2.24) is 9.97 Å². The van der Waals surface area contributed by atoms with E-state index in [1.807, 2.05) is 23.9 Å². The van der Waals surface area contributed by atoms with Crippen LogP contribution in [-0.4, -0.2) is 53.8 Å². The number of aromatic nitrogens is 2. The summed E-state index contributed by atoms with van der Waals surface area (Å²) in [5.41, 5.74) is -1.38. The fraction of sp³-hybridized carbons (Fsp3) is 0.389. The number of hydrogen-bond donors (Lipinski definition) is 1. The normalized spacial score (nSPS) is 16.2. The van der Waals surface area contributed by atoms with E-state index in [9.17, 15) is 14.3 Å². The molecule has 2 heterocycles. The molecule has 2 aromatic rings. The zero-order valence-corrected chi connectivity index (χ0v) is 14.7. The quantitative estimate of drug-likeness (QED) is 0.875. The number of halogens is 1. The largest absolute Gasteiger partial charge is 0.478 e. The molecule has 0 spiro atoms. The number of nitrogens with zero attached hydrogens (tertiary/aromatic N) is 4. The van der Waals surface area contributed by atoms with Crippen molar-refractivity contribution in [3.05, 3.63) is 42.5 Å². The topological polar surface area (TPSA) is 78.8 Å². The standard InChI is InChI=1S/C18H21FN4O3/c1-22(2)15-16(21-9-8-20-15)23-10-6-18(7-11-23,17(24)25)26-14-5-3-4-13(19)12-14/h3-5,8-9,12H,6-7,10-11H2,1-2H3,(H,24,25). The van der Waals surface area contributed by atoms with Crippen molar-refractivity contribution < 1.29 is 19.0 Å². The van der Waals surface area contributed by atoms with Crippen LogP contribution in [0.1, 0.15) is 12.8 Å². The first-order valence-corrected chi connectivity index (χ1v) is 8.32. The summed E-state index contributed by atoms with van der Waals surface area (Å²) in [6.07, 6.45) is 3.74. The van der Waals surface area contributed by atoms with Crippen LogP contribution in [0.2, 0.25) is 0 Å². The smallest absolute Gasteiger partial charge is 0.348 e. The number of benzene rings is 1. The minimum Gasteiger partial charge on any atom is -0.478 e. The summed E-state index contributed by atoms with van der Waals surface area (Å²) in [4.78, 5) is 24.5. The maximum Gasteiger partial charge on any atom is 0.348 e. The Balaban J connectivity index is 1.79. The lowest BCUT2D eigenvalue weighted by Crippen LogP contribution is -2.53. The van der Waals surface area contributed by atoms with Gasteiger partial charge in [-0.1, -0.05) is 6.07 Å². The monoisotopic (exact) mass is 360 g/mol. The molecule has 3 rings (SSSR count). The Hall–Kier alpha value is -2.90. The Kier molecular flexibility index (Phi) is 4.92. The van der Waals surface area contributed by atoms with Crippen molar-refractivity contribution in [3.8, 4) is 5.75 Å². The zero-order chi connectivity index (χ0) is 18.7. The van der Waals surface area contributed by atoms with Crippen molar-refractivity contribution in [2.75, 3.05) is 37.0 Å². The number of carboxylic acid groups (broad SMARTS) is 1. The van der Waals surface area contributed by atoms with Gasteiger partial charge in [0, 0.05) is 58.5 Å². The number of carbonyl (C=O) groups is 1. The van der Waals surface area contributed by atoms with E-state index in [1.165, 1.54) is 18.2 Å². The third-order valence-electron chi connectivity index (χ3n) is 4.45. The maximum absolute atomic E-state index is 13.4. The molecule has 0 atom stereocenters. The fourth-order valence-electron chi connectivity index (χ4n) is 3.06. The molecule has 0 unspecified atom stereocenters. The van der Waals surface area contributed by atoms with Crippen molar-refractivity contribution in [1.29, 1.82) is 0 Å². The molecule has 0 aliphatic carbocycles. The van der Waals surface area contributed by atoms with Crippen LogP contribution in [-0.2, 0) is 4.79 Å². The van der Waals surface area contributed by atoms with Crippen LogP contribution in [0.4, 0.5) is 16.0 Å². The first-order chi connectivity index (χ1) is 12.4. The summed E-state index contributed by atoms with van der Waals surface area (Å²) in [5, 5.41) is 9.75. The maximum atomic E-state index is 13.4. The average molecular weight is 360 g/mol. The summed E-state index contributed by atoms with van der Waals surface area (Å²) in [6.45, 7) is 0.891. The Bertz CT molecular complexity index is 792. The summed E-state index contributed by atoms with van der Waals surface area (Å²) in [5.74, 6) is 0.141. The van der Waals surface area contributed by atoms with E-state index in [0.717, 1.165) is 5.82 Å². The van der Waals surface area contributed by atoms with E-state index in [4.69, 9.17) is 4.74 Å². The van der Waals surface area contributed by atoms with Gasteiger partial charge in [0.25, 0.3) is 0 Å².